The molecule has 0 saturated heterocycles. The number of hydrogen-bond acceptors (Lipinski definition) is 6. The molecule has 0 saturated carbocycles. The van der Waals surface area contributed by atoms with E-state index in [4.69, 9.17) is 25.8 Å². The molecule has 184 valence electrons. The topological polar surface area (TPSA) is 110 Å². The van der Waals surface area contributed by atoms with Gasteiger partial charge in [-0.25, -0.2) is 0 Å². The molecule has 0 atom stereocenters. The van der Waals surface area contributed by atoms with Gasteiger partial charge in [0, 0.05) is 10.7 Å². The molecule has 0 bridgehead atoms. The number of para-hydroxylation sites is 2. The highest BCUT2D eigenvalue weighted by Gasteiger charge is 2.13. The molecule has 3 aromatic rings. The average molecular weight is 506 g/mol. The van der Waals surface area contributed by atoms with Crippen LogP contribution >= 0.6 is 11.6 Å². The van der Waals surface area contributed by atoms with Crippen LogP contribution in [0.15, 0.2) is 72.3 Å². The van der Waals surface area contributed by atoms with Gasteiger partial charge in [-0.15, -0.1) is 0 Å². The summed E-state index contributed by atoms with van der Waals surface area (Å²) >= 11 is 5.86. The minimum atomic E-state index is -0.564. The SMILES string of the molecule is CCOc1cc(/C=C(\C#N)C(=O)Nc2ccc(Cl)cc2)ccc1OCC(=O)Nc1ccccc1OC. The summed E-state index contributed by atoms with van der Waals surface area (Å²) in [5.41, 5.74) is 1.49. The van der Waals surface area contributed by atoms with E-state index in [0.29, 0.717) is 45.8 Å². The molecule has 8 nitrogen and oxygen atoms in total. The van der Waals surface area contributed by atoms with Gasteiger partial charge in [0.05, 0.1) is 19.4 Å². The summed E-state index contributed by atoms with van der Waals surface area (Å²) in [6.45, 7) is 1.89. The predicted octanol–water partition coefficient (Wildman–Crippen LogP) is 5.31. The first-order valence-corrected chi connectivity index (χ1v) is 11.3. The fraction of sp³-hybridized carbons (Fsp3) is 0.148. The number of carbonyl (C=O) groups excluding carboxylic acids is 2. The standard InChI is InChI=1S/C27H24ClN3O5/c1-3-35-25-15-18(14-19(16-29)27(33)30-21-11-9-20(28)10-12-21)8-13-24(25)36-17-26(32)31-22-6-4-5-7-23(22)34-2/h4-15H,3,17H2,1-2H3,(H,30,33)(H,31,32)/b19-14+. The summed E-state index contributed by atoms with van der Waals surface area (Å²) in [4.78, 5) is 24.9. The molecule has 3 aromatic carbocycles. The third-order valence-electron chi connectivity index (χ3n) is 4.79. The van der Waals surface area contributed by atoms with Crippen LogP contribution in [0.5, 0.6) is 17.2 Å². The van der Waals surface area contributed by atoms with Crippen LogP contribution in [0.2, 0.25) is 5.02 Å². The molecule has 9 heteroatoms. The molecular formula is C27H24ClN3O5. The van der Waals surface area contributed by atoms with E-state index in [9.17, 15) is 14.9 Å². The van der Waals surface area contributed by atoms with E-state index in [-0.39, 0.29) is 18.1 Å². The molecule has 0 aliphatic carbocycles. The van der Waals surface area contributed by atoms with Crippen molar-refractivity contribution in [3.8, 4) is 23.3 Å². The van der Waals surface area contributed by atoms with Crippen LogP contribution in [0.25, 0.3) is 6.08 Å². The number of amides is 2. The number of anilines is 2. The van der Waals surface area contributed by atoms with Crippen LogP contribution in [0.1, 0.15) is 12.5 Å². The molecule has 0 spiro atoms. The molecule has 0 heterocycles. The summed E-state index contributed by atoms with van der Waals surface area (Å²) in [5, 5.41) is 15.4. The van der Waals surface area contributed by atoms with Crippen LogP contribution in [-0.4, -0.2) is 32.1 Å². The summed E-state index contributed by atoms with van der Waals surface area (Å²) < 4.78 is 16.5. The van der Waals surface area contributed by atoms with E-state index in [1.807, 2.05) is 6.07 Å². The van der Waals surface area contributed by atoms with Crippen LogP contribution < -0.4 is 24.8 Å². The van der Waals surface area contributed by atoms with Crippen LogP contribution in [0, 0.1) is 11.3 Å². The van der Waals surface area contributed by atoms with Crippen LogP contribution in [-0.2, 0) is 9.59 Å². The summed E-state index contributed by atoms with van der Waals surface area (Å²) in [7, 11) is 1.52. The molecule has 0 fully saturated rings. The number of ether oxygens (including phenoxy) is 3. The molecule has 0 radical (unpaired) electrons. The second-order valence-electron chi connectivity index (χ2n) is 7.31. The first kappa shape index (κ1) is 26.1. The first-order chi connectivity index (χ1) is 17.4. The number of hydrogen-bond donors (Lipinski definition) is 2. The highest BCUT2D eigenvalue weighted by molar-refractivity contribution is 6.30. The van der Waals surface area contributed by atoms with E-state index in [1.165, 1.54) is 13.2 Å². The number of halogens is 1. The Morgan fingerprint density at radius 2 is 1.72 bits per heavy atom. The lowest BCUT2D eigenvalue weighted by Gasteiger charge is -2.14. The van der Waals surface area contributed by atoms with Gasteiger partial charge < -0.3 is 24.8 Å². The van der Waals surface area contributed by atoms with Gasteiger partial charge in [0.15, 0.2) is 18.1 Å². The van der Waals surface area contributed by atoms with Crippen LogP contribution in [0.3, 0.4) is 0 Å². The van der Waals surface area contributed by atoms with Crippen molar-refractivity contribution in [3.63, 3.8) is 0 Å². The van der Waals surface area contributed by atoms with Gasteiger partial charge in [0.1, 0.15) is 17.4 Å². The van der Waals surface area contributed by atoms with Gasteiger partial charge in [-0.05, 0) is 67.1 Å². The number of benzene rings is 3. The number of nitrogens with zero attached hydrogens (tertiary/aromatic N) is 1. The minimum Gasteiger partial charge on any atom is -0.495 e. The summed E-state index contributed by atoms with van der Waals surface area (Å²) in [5.74, 6) is 0.299. The molecule has 36 heavy (non-hydrogen) atoms. The fourth-order valence-electron chi connectivity index (χ4n) is 3.13. The Labute approximate surface area is 214 Å². The van der Waals surface area contributed by atoms with Gasteiger partial charge in [-0.2, -0.15) is 5.26 Å². The first-order valence-electron chi connectivity index (χ1n) is 10.9. The van der Waals surface area contributed by atoms with Crippen molar-refractivity contribution < 1.29 is 23.8 Å². The number of nitrogens with one attached hydrogen (secondary N) is 2. The molecular weight excluding hydrogens is 482 g/mol. The number of carbonyl (C=O) groups is 2. The van der Waals surface area contributed by atoms with Crippen molar-refractivity contribution in [2.45, 2.75) is 6.92 Å². The van der Waals surface area contributed by atoms with E-state index in [2.05, 4.69) is 10.6 Å². The van der Waals surface area contributed by atoms with E-state index >= 15 is 0 Å². The Balaban J connectivity index is 1.71. The fourth-order valence-corrected chi connectivity index (χ4v) is 3.25. The Bertz CT molecular complexity index is 1300. The molecule has 0 aliphatic heterocycles. The second kappa shape index (κ2) is 12.8. The maximum Gasteiger partial charge on any atom is 0.266 e. The van der Waals surface area contributed by atoms with Crippen molar-refractivity contribution in [1.29, 1.82) is 5.26 Å². The Morgan fingerprint density at radius 1 is 0.972 bits per heavy atom. The highest BCUT2D eigenvalue weighted by Crippen LogP contribution is 2.30. The van der Waals surface area contributed by atoms with Gasteiger partial charge in [0.25, 0.3) is 11.8 Å². The highest BCUT2D eigenvalue weighted by atomic mass is 35.5. The third-order valence-corrected chi connectivity index (χ3v) is 5.04. The van der Waals surface area contributed by atoms with Gasteiger partial charge in [0.2, 0.25) is 0 Å². The van der Waals surface area contributed by atoms with Crippen molar-refractivity contribution >= 4 is 40.9 Å². The zero-order chi connectivity index (χ0) is 25.9. The minimum absolute atomic E-state index is 0.0998. The lowest BCUT2D eigenvalue weighted by molar-refractivity contribution is -0.118. The van der Waals surface area contributed by atoms with Crippen molar-refractivity contribution in [2.75, 3.05) is 31.0 Å². The maximum atomic E-state index is 12.5. The van der Waals surface area contributed by atoms with Gasteiger partial charge in [-0.3, -0.25) is 9.59 Å². The number of rotatable bonds is 10. The van der Waals surface area contributed by atoms with E-state index < -0.39 is 5.91 Å². The lowest BCUT2D eigenvalue weighted by atomic mass is 10.1. The third kappa shape index (κ3) is 7.26. The van der Waals surface area contributed by atoms with Crippen molar-refractivity contribution in [1.82, 2.24) is 0 Å². The monoisotopic (exact) mass is 505 g/mol. The lowest BCUT2D eigenvalue weighted by Crippen LogP contribution is -2.20. The Morgan fingerprint density at radius 3 is 2.42 bits per heavy atom. The maximum absolute atomic E-state index is 12.5. The molecule has 0 aliphatic rings. The smallest absolute Gasteiger partial charge is 0.266 e. The molecule has 2 N–H and O–H groups in total. The van der Waals surface area contributed by atoms with Crippen molar-refractivity contribution in [2.24, 2.45) is 0 Å². The number of nitriles is 1. The van der Waals surface area contributed by atoms with E-state index in [1.54, 1.807) is 73.7 Å². The zero-order valence-corrected chi connectivity index (χ0v) is 20.5. The quantitative estimate of drug-likeness (QED) is 0.285. The van der Waals surface area contributed by atoms with E-state index in [0.717, 1.165) is 0 Å². The van der Waals surface area contributed by atoms with Crippen LogP contribution in [0.4, 0.5) is 11.4 Å². The predicted molar refractivity (Wildman–Crippen MR) is 138 cm³/mol. The average Bonchev–Trinajstić information content (AvgIpc) is 2.88. The normalized spacial score (nSPS) is 10.7. The van der Waals surface area contributed by atoms with Gasteiger partial charge >= 0.3 is 0 Å². The van der Waals surface area contributed by atoms with Crippen molar-refractivity contribution in [3.05, 3.63) is 82.9 Å². The zero-order valence-electron chi connectivity index (χ0n) is 19.7. The molecule has 0 unspecified atom stereocenters. The molecule has 3 rings (SSSR count). The molecule has 2 amide bonds. The van der Waals surface area contributed by atoms with Gasteiger partial charge in [-0.1, -0.05) is 29.8 Å². The Hall–Kier alpha value is -4.48. The second-order valence-corrected chi connectivity index (χ2v) is 7.74. The molecule has 0 aromatic heterocycles. The Kier molecular flexibility index (Phi) is 9.32. The summed E-state index contributed by atoms with van der Waals surface area (Å²) in [6, 6.07) is 20.4. The largest absolute Gasteiger partial charge is 0.495 e. The summed E-state index contributed by atoms with van der Waals surface area (Å²) in [6.07, 6.45) is 1.44. The number of methoxy groups -OCH3 is 1.